The number of ether oxygens (including phenoxy) is 2. The predicted octanol–water partition coefficient (Wildman–Crippen LogP) is 2.30. The van der Waals surface area contributed by atoms with Crippen LogP contribution >= 0.6 is 0 Å². The van der Waals surface area contributed by atoms with Crippen molar-refractivity contribution < 1.29 is 19.1 Å². The van der Waals surface area contributed by atoms with Crippen LogP contribution in [-0.4, -0.2) is 34.0 Å². The van der Waals surface area contributed by atoms with Gasteiger partial charge in [-0.3, -0.25) is 0 Å². The highest BCUT2D eigenvalue weighted by atomic mass is 16.5. The maximum atomic E-state index is 12.4. The number of nitrogens with two attached hydrogens (primary N) is 1. The van der Waals surface area contributed by atoms with Gasteiger partial charge in [0.1, 0.15) is 11.5 Å². The molecule has 3 aromatic rings. The highest BCUT2D eigenvalue weighted by Crippen LogP contribution is 2.21. The van der Waals surface area contributed by atoms with Gasteiger partial charge in [-0.2, -0.15) is 0 Å². The van der Waals surface area contributed by atoms with Crippen LogP contribution in [0.2, 0.25) is 0 Å². The minimum absolute atomic E-state index is 0.140. The molecule has 2 aromatic heterocycles. The minimum atomic E-state index is -0.615. The molecule has 0 radical (unpaired) electrons. The quantitative estimate of drug-likeness (QED) is 0.690. The van der Waals surface area contributed by atoms with Crippen molar-refractivity contribution in [1.29, 1.82) is 0 Å². The van der Waals surface area contributed by atoms with Gasteiger partial charge in [-0.05, 0) is 31.5 Å². The van der Waals surface area contributed by atoms with Crippen molar-refractivity contribution in [1.82, 2.24) is 15.0 Å². The van der Waals surface area contributed by atoms with E-state index in [9.17, 15) is 9.59 Å². The number of rotatable bonds is 4. The lowest BCUT2D eigenvalue weighted by molar-refractivity contribution is 0.0455. The summed E-state index contributed by atoms with van der Waals surface area (Å²) < 4.78 is 10.0. The summed E-state index contributed by atoms with van der Waals surface area (Å²) >= 11 is 0. The Labute approximate surface area is 149 Å². The number of nitrogens with one attached hydrogen (secondary N) is 1. The molecular weight excluding hydrogens is 336 g/mol. The first-order valence-corrected chi connectivity index (χ1v) is 7.88. The number of anilines is 1. The second kappa shape index (κ2) is 6.83. The molecule has 0 saturated carbocycles. The number of H-pyrrole nitrogens is 1. The maximum absolute atomic E-state index is 12.4. The molecular formula is C18H18N4O4. The van der Waals surface area contributed by atoms with Gasteiger partial charge in [0.25, 0.3) is 0 Å². The average Bonchev–Trinajstić information content (AvgIpc) is 2.93. The summed E-state index contributed by atoms with van der Waals surface area (Å²) in [6.45, 7) is 3.19. The van der Waals surface area contributed by atoms with E-state index in [1.807, 2.05) is 18.2 Å². The molecule has 0 spiro atoms. The molecule has 2 heterocycles. The number of hydrogen-bond donors (Lipinski definition) is 2. The molecule has 134 valence electrons. The second-order valence-electron chi connectivity index (χ2n) is 5.73. The van der Waals surface area contributed by atoms with Gasteiger partial charge in [0.2, 0.25) is 0 Å². The third kappa shape index (κ3) is 3.08. The zero-order valence-corrected chi connectivity index (χ0v) is 14.6. The van der Waals surface area contributed by atoms with Gasteiger partial charge in [-0.1, -0.05) is 12.1 Å². The monoisotopic (exact) mass is 354 g/mol. The molecule has 26 heavy (non-hydrogen) atoms. The SMILES string of the molecule is COC(=O)c1c(C)[nH]c(C(=O)OCc2nc(N)c3ccccc3n2)c1C. The molecule has 0 saturated heterocycles. The fraction of sp³-hybridized carbons (Fsp3) is 0.222. The Morgan fingerprint density at radius 1 is 1.15 bits per heavy atom. The number of nitrogens with zero attached hydrogens (tertiary/aromatic N) is 2. The van der Waals surface area contributed by atoms with Gasteiger partial charge in [-0.25, -0.2) is 19.6 Å². The van der Waals surface area contributed by atoms with Crippen molar-refractivity contribution in [3.8, 4) is 0 Å². The number of methoxy groups -OCH3 is 1. The number of hydrogen-bond acceptors (Lipinski definition) is 7. The number of para-hydroxylation sites is 1. The Balaban J connectivity index is 1.81. The number of carbonyl (C=O) groups excluding carboxylic acids is 2. The van der Waals surface area contributed by atoms with E-state index < -0.39 is 11.9 Å². The Kier molecular flexibility index (Phi) is 4.57. The fourth-order valence-corrected chi connectivity index (χ4v) is 2.78. The Morgan fingerprint density at radius 2 is 1.88 bits per heavy atom. The van der Waals surface area contributed by atoms with Crippen LogP contribution in [0, 0.1) is 13.8 Å². The molecule has 0 unspecified atom stereocenters. The highest BCUT2D eigenvalue weighted by molar-refractivity contribution is 5.98. The normalized spacial score (nSPS) is 10.7. The van der Waals surface area contributed by atoms with E-state index >= 15 is 0 Å². The molecule has 0 aliphatic heterocycles. The van der Waals surface area contributed by atoms with Gasteiger partial charge >= 0.3 is 11.9 Å². The number of aryl methyl sites for hydroxylation is 1. The fourth-order valence-electron chi connectivity index (χ4n) is 2.78. The molecule has 1 aromatic carbocycles. The molecule has 3 N–H and O–H groups in total. The highest BCUT2D eigenvalue weighted by Gasteiger charge is 2.23. The molecule has 0 atom stereocenters. The van der Waals surface area contributed by atoms with Crippen LogP contribution in [-0.2, 0) is 16.1 Å². The van der Waals surface area contributed by atoms with Crippen molar-refractivity contribution in [3.63, 3.8) is 0 Å². The van der Waals surface area contributed by atoms with Crippen LogP contribution in [0.1, 0.15) is 37.9 Å². The van der Waals surface area contributed by atoms with Crippen molar-refractivity contribution in [2.24, 2.45) is 0 Å². The van der Waals surface area contributed by atoms with E-state index in [4.69, 9.17) is 15.2 Å². The zero-order chi connectivity index (χ0) is 18.8. The van der Waals surface area contributed by atoms with Gasteiger partial charge in [0.05, 0.1) is 18.2 Å². The number of fused-ring (bicyclic) bond motifs is 1. The standard InChI is InChI=1S/C18H18N4O4/c1-9-14(17(23)25-3)10(2)20-15(9)18(24)26-8-13-21-12-7-5-4-6-11(12)16(19)22-13/h4-7,20H,8H2,1-3H3,(H2,19,21,22). The van der Waals surface area contributed by atoms with Crippen molar-refractivity contribution in [3.05, 3.63) is 52.6 Å². The lowest BCUT2D eigenvalue weighted by Crippen LogP contribution is -2.10. The smallest absolute Gasteiger partial charge is 0.355 e. The summed E-state index contributed by atoms with van der Waals surface area (Å²) in [4.78, 5) is 35.5. The van der Waals surface area contributed by atoms with Crippen LogP contribution in [0.25, 0.3) is 10.9 Å². The van der Waals surface area contributed by atoms with Crippen molar-refractivity contribution in [2.45, 2.75) is 20.5 Å². The van der Waals surface area contributed by atoms with E-state index in [2.05, 4.69) is 15.0 Å². The van der Waals surface area contributed by atoms with Crippen LogP contribution < -0.4 is 5.73 Å². The third-order valence-corrected chi connectivity index (χ3v) is 4.04. The number of benzene rings is 1. The van der Waals surface area contributed by atoms with Gasteiger partial charge in [0.15, 0.2) is 12.4 Å². The Morgan fingerprint density at radius 3 is 2.62 bits per heavy atom. The lowest BCUT2D eigenvalue weighted by atomic mass is 10.1. The van der Waals surface area contributed by atoms with E-state index in [0.717, 1.165) is 5.39 Å². The first-order chi connectivity index (χ1) is 12.4. The minimum Gasteiger partial charge on any atom is -0.465 e. The van der Waals surface area contributed by atoms with Crippen molar-refractivity contribution >= 4 is 28.7 Å². The summed E-state index contributed by atoms with van der Waals surface area (Å²) in [5.41, 5.74) is 8.11. The topological polar surface area (TPSA) is 120 Å². The zero-order valence-electron chi connectivity index (χ0n) is 14.6. The summed E-state index contributed by atoms with van der Waals surface area (Å²) in [5.74, 6) is -0.512. The second-order valence-corrected chi connectivity index (χ2v) is 5.73. The largest absolute Gasteiger partial charge is 0.465 e. The van der Waals surface area contributed by atoms with E-state index in [1.54, 1.807) is 19.9 Å². The average molecular weight is 354 g/mol. The molecule has 3 rings (SSSR count). The maximum Gasteiger partial charge on any atom is 0.355 e. The van der Waals surface area contributed by atoms with Crippen molar-refractivity contribution in [2.75, 3.05) is 12.8 Å². The molecule has 0 fully saturated rings. The first kappa shape index (κ1) is 17.4. The molecule has 0 aliphatic carbocycles. The third-order valence-electron chi connectivity index (χ3n) is 4.04. The lowest BCUT2D eigenvalue weighted by Gasteiger charge is -2.06. The molecule has 0 amide bonds. The number of esters is 2. The summed E-state index contributed by atoms with van der Waals surface area (Å²) in [5, 5.41) is 0.737. The molecule has 8 nitrogen and oxygen atoms in total. The number of carbonyl (C=O) groups is 2. The van der Waals surface area contributed by atoms with Gasteiger partial charge < -0.3 is 20.2 Å². The van der Waals surface area contributed by atoms with Crippen LogP contribution in [0.5, 0.6) is 0 Å². The number of nitrogen functional groups attached to an aromatic ring is 1. The number of aromatic nitrogens is 3. The Bertz CT molecular complexity index is 1010. The molecule has 0 bridgehead atoms. The van der Waals surface area contributed by atoms with E-state index in [1.165, 1.54) is 7.11 Å². The van der Waals surface area contributed by atoms with E-state index in [0.29, 0.717) is 34.0 Å². The number of aromatic amines is 1. The molecule has 0 aliphatic rings. The Hall–Kier alpha value is -3.42. The van der Waals surface area contributed by atoms with Gasteiger partial charge in [-0.15, -0.1) is 0 Å². The first-order valence-electron chi connectivity index (χ1n) is 7.88. The van der Waals surface area contributed by atoms with Crippen LogP contribution in [0.3, 0.4) is 0 Å². The van der Waals surface area contributed by atoms with Gasteiger partial charge in [0, 0.05) is 11.1 Å². The summed E-state index contributed by atoms with van der Waals surface area (Å²) in [7, 11) is 1.29. The van der Waals surface area contributed by atoms with Crippen LogP contribution in [0.15, 0.2) is 24.3 Å². The summed E-state index contributed by atoms with van der Waals surface area (Å²) in [6.07, 6.45) is 0. The predicted molar refractivity (Wildman–Crippen MR) is 94.7 cm³/mol. The van der Waals surface area contributed by atoms with E-state index in [-0.39, 0.29) is 12.3 Å². The van der Waals surface area contributed by atoms with Crippen LogP contribution in [0.4, 0.5) is 5.82 Å². The summed E-state index contributed by atoms with van der Waals surface area (Å²) in [6, 6.07) is 7.31. The molecule has 8 heteroatoms.